The molecule has 21 heavy (non-hydrogen) atoms. The Balaban J connectivity index is 1.57. The van der Waals surface area contributed by atoms with Crippen LogP contribution in [0.25, 0.3) is 0 Å². The second-order valence-corrected chi connectivity index (χ2v) is 5.36. The number of carbonyl (C=O) groups excluding carboxylic acids is 1. The highest BCUT2D eigenvalue weighted by Gasteiger charge is 2.05. The lowest BCUT2D eigenvalue weighted by atomic mass is 10.1. The zero-order valence-electron chi connectivity index (χ0n) is 12.7. The number of hydrogen-bond donors (Lipinski definition) is 2. The fraction of sp³-hybridized carbons (Fsp3) is 0.471. The molecule has 0 unspecified atom stereocenters. The van der Waals surface area contributed by atoms with Gasteiger partial charge in [-0.2, -0.15) is 0 Å². The van der Waals surface area contributed by atoms with Crippen LogP contribution in [0.4, 0.5) is 0 Å². The van der Waals surface area contributed by atoms with Gasteiger partial charge in [-0.25, -0.2) is 0 Å². The molecule has 0 aromatic heterocycles. The molecular weight excluding hydrogens is 264 g/mol. The largest absolute Gasteiger partial charge is 0.494 e. The van der Waals surface area contributed by atoms with Crippen molar-refractivity contribution in [3.63, 3.8) is 0 Å². The van der Waals surface area contributed by atoms with Crippen LogP contribution in [0.2, 0.25) is 0 Å². The van der Waals surface area contributed by atoms with E-state index in [9.17, 15) is 4.79 Å². The van der Waals surface area contributed by atoms with Crippen LogP contribution in [0.5, 0.6) is 5.75 Å². The molecule has 2 N–H and O–H groups in total. The van der Waals surface area contributed by atoms with E-state index >= 15 is 0 Å². The van der Waals surface area contributed by atoms with Crippen LogP contribution in [-0.4, -0.2) is 32.1 Å². The van der Waals surface area contributed by atoms with Crippen molar-refractivity contribution in [2.24, 2.45) is 0 Å². The van der Waals surface area contributed by atoms with Gasteiger partial charge in [0.05, 0.1) is 6.61 Å². The summed E-state index contributed by atoms with van der Waals surface area (Å²) in [4.78, 5) is 11.7. The van der Waals surface area contributed by atoms with Crippen LogP contribution in [0.3, 0.4) is 0 Å². The number of benzene rings is 1. The molecule has 0 atom stereocenters. The van der Waals surface area contributed by atoms with Crippen molar-refractivity contribution in [2.45, 2.75) is 26.2 Å². The van der Waals surface area contributed by atoms with E-state index in [1.54, 1.807) is 0 Å². The summed E-state index contributed by atoms with van der Waals surface area (Å²) in [7, 11) is 0. The van der Waals surface area contributed by atoms with E-state index < -0.39 is 0 Å². The first kappa shape index (κ1) is 15.6. The summed E-state index contributed by atoms with van der Waals surface area (Å²) in [5.41, 5.74) is 2.50. The summed E-state index contributed by atoms with van der Waals surface area (Å²) < 4.78 is 5.63. The topological polar surface area (TPSA) is 50.4 Å². The molecule has 0 fully saturated rings. The van der Waals surface area contributed by atoms with Crippen molar-refractivity contribution in [1.29, 1.82) is 0 Å². The molecule has 1 heterocycles. The van der Waals surface area contributed by atoms with Crippen LogP contribution in [0.1, 0.15) is 24.8 Å². The van der Waals surface area contributed by atoms with E-state index in [1.165, 1.54) is 11.1 Å². The van der Waals surface area contributed by atoms with Crippen molar-refractivity contribution in [3.05, 3.63) is 41.5 Å². The second-order valence-electron chi connectivity index (χ2n) is 5.36. The Kier molecular flexibility index (Phi) is 6.28. The van der Waals surface area contributed by atoms with Gasteiger partial charge in [-0.15, -0.1) is 0 Å². The number of aryl methyl sites for hydroxylation is 1. The normalized spacial score (nSPS) is 14.4. The maximum Gasteiger partial charge on any atom is 0.220 e. The van der Waals surface area contributed by atoms with Crippen LogP contribution < -0.4 is 15.4 Å². The lowest BCUT2D eigenvalue weighted by Crippen LogP contribution is -2.29. The predicted octanol–water partition coefficient (Wildman–Crippen LogP) is 2.19. The first-order chi connectivity index (χ1) is 10.2. The third-order valence-corrected chi connectivity index (χ3v) is 3.48. The van der Waals surface area contributed by atoms with Gasteiger partial charge in [0.2, 0.25) is 5.91 Å². The Morgan fingerprint density at radius 1 is 1.43 bits per heavy atom. The fourth-order valence-electron chi connectivity index (χ4n) is 2.26. The van der Waals surface area contributed by atoms with E-state index in [-0.39, 0.29) is 5.91 Å². The van der Waals surface area contributed by atoms with Gasteiger partial charge in [0.1, 0.15) is 5.75 Å². The van der Waals surface area contributed by atoms with Gasteiger partial charge in [0, 0.05) is 19.5 Å². The molecule has 1 aliphatic rings. The number of carbonyl (C=O) groups is 1. The summed E-state index contributed by atoms with van der Waals surface area (Å²) >= 11 is 0. The second kappa shape index (κ2) is 8.47. The van der Waals surface area contributed by atoms with E-state index in [4.69, 9.17) is 4.74 Å². The number of hydrogen-bond acceptors (Lipinski definition) is 3. The number of amides is 1. The predicted molar refractivity (Wildman–Crippen MR) is 84.5 cm³/mol. The van der Waals surface area contributed by atoms with Gasteiger partial charge < -0.3 is 15.4 Å². The monoisotopic (exact) mass is 288 g/mol. The van der Waals surface area contributed by atoms with Crippen LogP contribution in [-0.2, 0) is 4.79 Å². The van der Waals surface area contributed by atoms with Gasteiger partial charge in [0.15, 0.2) is 0 Å². The molecule has 0 bridgehead atoms. The van der Waals surface area contributed by atoms with Crippen molar-refractivity contribution >= 4 is 5.91 Å². The third-order valence-electron chi connectivity index (χ3n) is 3.48. The Morgan fingerprint density at radius 3 is 3.10 bits per heavy atom. The average Bonchev–Trinajstić information content (AvgIpc) is 2.51. The van der Waals surface area contributed by atoms with Gasteiger partial charge in [-0.3, -0.25) is 4.79 Å². The highest BCUT2D eigenvalue weighted by molar-refractivity contribution is 5.76. The molecule has 114 valence electrons. The summed E-state index contributed by atoms with van der Waals surface area (Å²) in [6.07, 6.45) is 4.43. The molecule has 1 amide bonds. The molecule has 1 aliphatic heterocycles. The van der Waals surface area contributed by atoms with Crippen LogP contribution in [0, 0.1) is 6.92 Å². The SMILES string of the molecule is Cc1cccc(OCCCC(=O)NCC2=CCNCC2)c1. The molecule has 0 aliphatic carbocycles. The zero-order chi connectivity index (χ0) is 14.9. The molecule has 4 heteroatoms. The van der Waals surface area contributed by atoms with E-state index in [0.717, 1.165) is 31.7 Å². The van der Waals surface area contributed by atoms with Crippen LogP contribution in [0.15, 0.2) is 35.9 Å². The maximum atomic E-state index is 11.7. The quantitative estimate of drug-likeness (QED) is 0.597. The molecule has 4 nitrogen and oxygen atoms in total. The van der Waals surface area contributed by atoms with Gasteiger partial charge >= 0.3 is 0 Å². The fourth-order valence-corrected chi connectivity index (χ4v) is 2.26. The van der Waals surface area contributed by atoms with E-state index in [0.29, 0.717) is 19.6 Å². The van der Waals surface area contributed by atoms with Crippen molar-refractivity contribution in [3.8, 4) is 5.75 Å². The Morgan fingerprint density at radius 2 is 2.33 bits per heavy atom. The van der Waals surface area contributed by atoms with E-state index in [1.807, 2.05) is 31.2 Å². The third kappa shape index (κ3) is 6.00. The lowest BCUT2D eigenvalue weighted by Gasteiger charge is -2.14. The molecule has 1 aromatic rings. The highest BCUT2D eigenvalue weighted by atomic mass is 16.5. The molecule has 0 saturated heterocycles. The van der Waals surface area contributed by atoms with Crippen molar-refractivity contribution in [2.75, 3.05) is 26.2 Å². The first-order valence-electron chi connectivity index (χ1n) is 7.59. The first-order valence-corrected chi connectivity index (χ1v) is 7.59. The molecule has 0 saturated carbocycles. The Labute approximate surface area is 126 Å². The summed E-state index contributed by atoms with van der Waals surface area (Å²) in [5.74, 6) is 0.970. The maximum absolute atomic E-state index is 11.7. The van der Waals surface area contributed by atoms with Crippen molar-refractivity contribution < 1.29 is 9.53 Å². The molecule has 1 aromatic carbocycles. The number of rotatable bonds is 7. The molecule has 0 spiro atoms. The standard InChI is InChI=1S/C17H24N2O2/c1-14-4-2-5-16(12-14)21-11-3-6-17(20)19-13-15-7-9-18-10-8-15/h2,4-5,7,12,18H,3,6,8-11,13H2,1H3,(H,19,20). The summed E-state index contributed by atoms with van der Waals surface area (Å²) in [6.45, 7) is 5.21. The highest BCUT2D eigenvalue weighted by Crippen LogP contribution is 2.12. The number of ether oxygens (including phenoxy) is 1. The van der Waals surface area contributed by atoms with Gasteiger partial charge in [0.25, 0.3) is 0 Å². The van der Waals surface area contributed by atoms with Gasteiger partial charge in [-0.05, 0) is 44.0 Å². The van der Waals surface area contributed by atoms with Gasteiger partial charge in [-0.1, -0.05) is 23.8 Å². The average molecular weight is 288 g/mol. The minimum atomic E-state index is 0.0993. The minimum Gasteiger partial charge on any atom is -0.494 e. The Hall–Kier alpha value is -1.81. The zero-order valence-corrected chi connectivity index (χ0v) is 12.7. The molecular formula is C17H24N2O2. The molecule has 0 radical (unpaired) electrons. The van der Waals surface area contributed by atoms with E-state index in [2.05, 4.69) is 16.7 Å². The lowest BCUT2D eigenvalue weighted by molar-refractivity contribution is -0.121. The minimum absolute atomic E-state index is 0.0993. The van der Waals surface area contributed by atoms with Crippen LogP contribution >= 0.6 is 0 Å². The summed E-state index contributed by atoms with van der Waals surface area (Å²) in [6, 6.07) is 7.96. The number of nitrogens with one attached hydrogen (secondary N) is 2. The molecule has 2 rings (SSSR count). The Bertz CT molecular complexity index is 497. The smallest absolute Gasteiger partial charge is 0.220 e. The van der Waals surface area contributed by atoms with Crippen molar-refractivity contribution in [1.82, 2.24) is 10.6 Å². The summed E-state index contributed by atoms with van der Waals surface area (Å²) in [5, 5.41) is 6.23.